The predicted octanol–water partition coefficient (Wildman–Crippen LogP) is 1.56. The Balaban J connectivity index is 1.73. The summed E-state index contributed by atoms with van der Waals surface area (Å²) in [5.74, 6) is 0.474. The number of nitrogens with one attached hydrogen (secondary N) is 1. The normalized spacial score (nSPS) is 14.6. The Bertz CT molecular complexity index is 413. The molecule has 0 radical (unpaired) electrons. The van der Waals surface area contributed by atoms with Crippen LogP contribution in [0.15, 0.2) is 18.2 Å². The minimum atomic E-state index is -0.119. The van der Waals surface area contributed by atoms with Crippen molar-refractivity contribution in [3.05, 3.63) is 23.8 Å². The van der Waals surface area contributed by atoms with Gasteiger partial charge in [-0.2, -0.15) is 0 Å². The van der Waals surface area contributed by atoms with Gasteiger partial charge in [0.25, 0.3) is 0 Å². The quantitative estimate of drug-likeness (QED) is 0.678. The lowest BCUT2D eigenvalue weighted by Gasteiger charge is -2.05. The van der Waals surface area contributed by atoms with Gasteiger partial charge in [0.1, 0.15) is 0 Å². The summed E-state index contributed by atoms with van der Waals surface area (Å²) in [6.45, 7) is 0.565. The van der Waals surface area contributed by atoms with E-state index in [2.05, 4.69) is 5.32 Å². The first kappa shape index (κ1) is 11.8. The van der Waals surface area contributed by atoms with Crippen LogP contribution in [0.25, 0.3) is 0 Å². The van der Waals surface area contributed by atoms with E-state index in [1.54, 1.807) is 6.07 Å². The van der Waals surface area contributed by atoms with Crippen molar-refractivity contribution in [3.63, 3.8) is 0 Å². The monoisotopic (exact) mass is 235 g/mol. The molecule has 1 saturated carbocycles. The Morgan fingerprint density at radius 2 is 2.06 bits per heavy atom. The summed E-state index contributed by atoms with van der Waals surface area (Å²) in [4.78, 5) is 11.4. The summed E-state index contributed by atoms with van der Waals surface area (Å²) < 4.78 is 0. The van der Waals surface area contributed by atoms with Crippen LogP contribution in [0.5, 0.6) is 11.5 Å². The second kappa shape index (κ2) is 5.08. The zero-order valence-electron chi connectivity index (χ0n) is 9.65. The van der Waals surface area contributed by atoms with E-state index in [0.29, 0.717) is 25.3 Å². The van der Waals surface area contributed by atoms with Gasteiger partial charge >= 0.3 is 0 Å². The van der Waals surface area contributed by atoms with Gasteiger partial charge < -0.3 is 15.5 Å². The van der Waals surface area contributed by atoms with Crippen molar-refractivity contribution in [3.8, 4) is 11.5 Å². The maximum atomic E-state index is 11.4. The van der Waals surface area contributed by atoms with Gasteiger partial charge in [0.2, 0.25) is 5.91 Å². The highest BCUT2D eigenvalue weighted by Crippen LogP contribution is 2.32. The zero-order chi connectivity index (χ0) is 12.3. The topological polar surface area (TPSA) is 69.6 Å². The molecule has 0 unspecified atom stereocenters. The molecular formula is C13H17NO3. The van der Waals surface area contributed by atoms with Crippen molar-refractivity contribution < 1.29 is 15.0 Å². The van der Waals surface area contributed by atoms with E-state index in [-0.39, 0.29) is 17.4 Å². The summed E-state index contributed by atoms with van der Waals surface area (Å²) in [7, 11) is 0. The van der Waals surface area contributed by atoms with Crippen LogP contribution in [0.2, 0.25) is 0 Å². The molecule has 0 aliphatic heterocycles. The molecule has 0 spiro atoms. The lowest BCUT2D eigenvalue weighted by atomic mass is 10.1. The Morgan fingerprint density at radius 3 is 2.71 bits per heavy atom. The maximum absolute atomic E-state index is 11.4. The number of amides is 1. The molecule has 3 N–H and O–H groups in total. The number of carbonyl (C=O) groups excluding carboxylic acids is 1. The lowest BCUT2D eigenvalue weighted by Crippen LogP contribution is -2.25. The van der Waals surface area contributed by atoms with E-state index < -0.39 is 0 Å². The van der Waals surface area contributed by atoms with Crippen LogP contribution >= 0.6 is 0 Å². The largest absolute Gasteiger partial charge is 0.504 e. The molecule has 0 saturated heterocycles. The first-order chi connectivity index (χ1) is 8.15. The fraction of sp³-hybridized carbons (Fsp3) is 0.462. The molecule has 1 aromatic rings. The SMILES string of the molecule is O=C(CC1CC1)NCCc1ccc(O)c(O)c1. The molecule has 4 heteroatoms. The van der Waals surface area contributed by atoms with E-state index in [9.17, 15) is 9.90 Å². The van der Waals surface area contributed by atoms with Crippen LogP contribution in [0.3, 0.4) is 0 Å². The number of benzene rings is 1. The van der Waals surface area contributed by atoms with Crippen LogP contribution in [0.1, 0.15) is 24.8 Å². The van der Waals surface area contributed by atoms with Gasteiger partial charge in [-0.25, -0.2) is 0 Å². The standard InChI is InChI=1S/C13H17NO3/c15-11-4-3-10(7-12(11)16)5-6-14-13(17)8-9-1-2-9/h3-4,7,9,15-16H,1-2,5-6,8H2,(H,14,17). The first-order valence-corrected chi connectivity index (χ1v) is 5.92. The fourth-order valence-electron chi connectivity index (χ4n) is 1.73. The summed E-state index contributed by atoms with van der Waals surface area (Å²) in [6.07, 6.45) is 3.66. The lowest BCUT2D eigenvalue weighted by molar-refractivity contribution is -0.121. The minimum absolute atomic E-state index is 0.107. The average Bonchev–Trinajstić information content (AvgIpc) is 3.07. The van der Waals surface area contributed by atoms with Gasteiger partial charge in [-0.05, 0) is 42.9 Å². The van der Waals surface area contributed by atoms with E-state index in [1.807, 2.05) is 0 Å². The van der Waals surface area contributed by atoms with Gasteiger partial charge in [-0.15, -0.1) is 0 Å². The van der Waals surface area contributed by atoms with Crippen molar-refractivity contribution in [1.82, 2.24) is 5.32 Å². The molecule has 1 fully saturated rings. The Kier molecular flexibility index (Phi) is 3.52. The molecular weight excluding hydrogens is 218 g/mol. The number of phenols is 2. The molecule has 1 aliphatic carbocycles. The smallest absolute Gasteiger partial charge is 0.220 e. The number of carbonyl (C=O) groups is 1. The van der Waals surface area contributed by atoms with E-state index >= 15 is 0 Å². The molecule has 17 heavy (non-hydrogen) atoms. The van der Waals surface area contributed by atoms with Crippen LogP contribution in [0.4, 0.5) is 0 Å². The highest BCUT2D eigenvalue weighted by molar-refractivity contribution is 5.76. The predicted molar refractivity (Wildman–Crippen MR) is 63.8 cm³/mol. The third-order valence-corrected chi connectivity index (χ3v) is 2.95. The van der Waals surface area contributed by atoms with Crippen molar-refractivity contribution in [2.24, 2.45) is 5.92 Å². The second-order valence-electron chi connectivity index (χ2n) is 4.57. The van der Waals surface area contributed by atoms with Crippen molar-refractivity contribution in [1.29, 1.82) is 0 Å². The molecule has 2 rings (SSSR count). The summed E-state index contributed by atoms with van der Waals surface area (Å²) in [5, 5.41) is 21.3. The third kappa shape index (κ3) is 3.66. The molecule has 1 aromatic carbocycles. The van der Waals surface area contributed by atoms with Gasteiger partial charge in [-0.1, -0.05) is 6.07 Å². The van der Waals surface area contributed by atoms with Crippen molar-refractivity contribution >= 4 is 5.91 Å². The number of hydrogen-bond acceptors (Lipinski definition) is 3. The van der Waals surface area contributed by atoms with Crippen LogP contribution in [0, 0.1) is 5.92 Å². The van der Waals surface area contributed by atoms with Crippen LogP contribution in [-0.4, -0.2) is 22.7 Å². The Hall–Kier alpha value is -1.71. The number of aromatic hydroxyl groups is 2. The van der Waals surface area contributed by atoms with Gasteiger partial charge in [-0.3, -0.25) is 4.79 Å². The highest BCUT2D eigenvalue weighted by Gasteiger charge is 2.23. The molecule has 0 bridgehead atoms. The Morgan fingerprint density at radius 1 is 1.29 bits per heavy atom. The third-order valence-electron chi connectivity index (χ3n) is 2.95. The number of rotatable bonds is 5. The Labute approximate surface area is 100 Å². The summed E-state index contributed by atoms with van der Waals surface area (Å²) in [6, 6.07) is 4.71. The van der Waals surface area contributed by atoms with Crippen molar-refractivity contribution in [2.45, 2.75) is 25.7 Å². The highest BCUT2D eigenvalue weighted by atomic mass is 16.3. The van der Waals surface area contributed by atoms with E-state index in [0.717, 1.165) is 5.56 Å². The average molecular weight is 235 g/mol. The summed E-state index contributed by atoms with van der Waals surface area (Å²) in [5.41, 5.74) is 0.895. The molecule has 1 amide bonds. The van der Waals surface area contributed by atoms with Crippen molar-refractivity contribution in [2.75, 3.05) is 6.54 Å². The second-order valence-corrected chi connectivity index (χ2v) is 4.57. The van der Waals surface area contributed by atoms with Gasteiger partial charge in [0.15, 0.2) is 11.5 Å². The fourth-order valence-corrected chi connectivity index (χ4v) is 1.73. The van der Waals surface area contributed by atoms with E-state index in [1.165, 1.54) is 25.0 Å². The first-order valence-electron chi connectivity index (χ1n) is 5.92. The maximum Gasteiger partial charge on any atom is 0.220 e. The minimum Gasteiger partial charge on any atom is -0.504 e. The molecule has 1 aliphatic rings. The van der Waals surface area contributed by atoms with Gasteiger partial charge in [0.05, 0.1) is 0 Å². The summed E-state index contributed by atoms with van der Waals surface area (Å²) >= 11 is 0. The molecule has 92 valence electrons. The molecule has 0 heterocycles. The molecule has 0 atom stereocenters. The molecule has 4 nitrogen and oxygen atoms in total. The van der Waals surface area contributed by atoms with E-state index in [4.69, 9.17) is 5.11 Å². The van der Waals surface area contributed by atoms with Crippen LogP contribution < -0.4 is 5.32 Å². The molecule has 0 aromatic heterocycles. The van der Waals surface area contributed by atoms with Gasteiger partial charge in [0, 0.05) is 13.0 Å². The number of hydrogen-bond donors (Lipinski definition) is 3. The number of phenolic OH excluding ortho intramolecular Hbond substituents is 2. The van der Waals surface area contributed by atoms with Crippen LogP contribution in [-0.2, 0) is 11.2 Å². The zero-order valence-corrected chi connectivity index (χ0v) is 9.65.